The van der Waals surface area contributed by atoms with Crippen LogP contribution in [0.3, 0.4) is 0 Å². The predicted octanol–water partition coefficient (Wildman–Crippen LogP) is 3.49. The topological polar surface area (TPSA) is 67.4 Å². The minimum atomic E-state index is -0.113. The summed E-state index contributed by atoms with van der Waals surface area (Å²) in [6.07, 6.45) is 6.53. The highest BCUT2D eigenvalue weighted by Crippen LogP contribution is 2.17. The Kier molecular flexibility index (Phi) is 7.47. The van der Waals surface area contributed by atoms with Crippen molar-refractivity contribution in [1.29, 1.82) is 0 Å². The van der Waals surface area contributed by atoms with E-state index in [1.54, 1.807) is 24.3 Å². The van der Waals surface area contributed by atoms with E-state index < -0.39 is 0 Å². The largest absolute Gasteiger partial charge is 0.484 e. The van der Waals surface area contributed by atoms with Gasteiger partial charge in [-0.1, -0.05) is 49.6 Å². The minimum absolute atomic E-state index is 0.000874. The number of hydrogen-bond donors (Lipinski definition) is 2. The van der Waals surface area contributed by atoms with Gasteiger partial charge in [-0.05, 0) is 49.1 Å². The summed E-state index contributed by atoms with van der Waals surface area (Å²) < 4.78 is 5.54. The van der Waals surface area contributed by atoms with Gasteiger partial charge in [0.15, 0.2) is 6.61 Å². The van der Waals surface area contributed by atoms with Crippen LogP contribution < -0.4 is 15.4 Å². The highest BCUT2D eigenvalue weighted by Gasteiger charge is 2.15. The molecule has 0 saturated heterocycles. The number of ether oxygens (including phenoxy) is 1. The third kappa shape index (κ3) is 6.41. The van der Waals surface area contributed by atoms with Crippen LogP contribution in [0.5, 0.6) is 5.75 Å². The molecule has 148 valence electrons. The first-order valence-corrected chi connectivity index (χ1v) is 10.0. The molecule has 1 aliphatic rings. The summed E-state index contributed by atoms with van der Waals surface area (Å²) in [6, 6.07) is 17.2. The standard InChI is InChI=1S/C23H28N2O3/c26-22(25-20-9-5-2-6-10-20)17-28-21-13-11-19(12-14-21)23(27)24-16-15-18-7-3-1-4-8-18/h1,3-4,7-8,11-14,20H,2,5-6,9-10,15-17H2,(H,24,27)(H,25,26). The molecule has 0 atom stereocenters. The quantitative estimate of drug-likeness (QED) is 0.737. The van der Waals surface area contributed by atoms with Gasteiger partial charge < -0.3 is 15.4 Å². The SMILES string of the molecule is O=C(COc1ccc(C(=O)NCCc2ccccc2)cc1)NC1CCCCC1. The van der Waals surface area contributed by atoms with Gasteiger partial charge in [0.05, 0.1) is 0 Å². The summed E-state index contributed by atoms with van der Waals surface area (Å²) in [4.78, 5) is 24.2. The number of amides is 2. The number of hydrogen-bond acceptors (Lipinski definition) is 3. The molecule has 1 aliphatic carbocycles. The average Bonchev–Trinajstić information content (AvgIpc) is 2.74. The lowest BCUT2D eigenvalue weighted by atomic mass is 9.95. The first kappa shape index (κ1) is 19.9. The molecular formula is C23H28N2O3. The van der Waals surface area contributed by atoms with Gasteiger partial charge in [0, 0.05) is 18.2 Å². The van der Waals surface area contributed by atoms with E-state index in [4.69, 9.17) is 4.74 Å². The Morgan fingerprint density at radius 3 is 2.36 bits per heavy atom. The van der Waals surface area contributed by atoms with E-state index in [1.165, 1.54) is 24.8 Å². The van der Waals surface area contributed by atoms with Gasteiger partial charge >= 0.3 is 0 Å². The monoisotopic (exact) mass is 380 g/mol. The zero-order valence-corrected chi connectivity index (χ0v) is 16.2. The molecular weight excluding hydrogens is 352 g/mol. The second-order valence-electron chi connectivity index (χ2n) is 7.21. The van der Waals surface area contributed by atoms with Gasteiger partial charge in [-0.15, -0.1) is 0 Å². The molecule has 2 aromatic carbocycles. The molecule has 0 unspecified atom stereocenters. The summed E-state index contributed by atoms with van der Waals surface area (Å²) in [5, 5.41) is 5.95. The lowest BCUT2D eigenvalue weighted by Gasteiger charge is -2.22. The van der Waals surface area contributed by atoms with Gasteiger partial charge in [-0.2, -0.15) is 0 Å². The van der Waals surface area contributed by atoms with E-state index in [9.17, 15) is 9.59 Å². The van der Waals surface area contributed by atoms with Crippen molar-refractivity contribution in [2.75, 3.05) is 13.2 Å². The second kappa shape index (κ2) is 10.5. The number of benzene rings is 2. The maximum Gasteiger partial charge on any atom is 0.258 e. The maximum atomic E-state index is 12.2. The second-order valence-corrected chi connectivity index (χ2v) is 7.21. The molecule has 0 radical (unpaired) electrons. The van der Waals surface area contributed by atoms with Crippen LogP contribution in [0.25, 0.3) is 0 Å². The first-order valence-electron chi connectivity index (χ1n) is 10.0. The van der Waals surface area contributed by atoms with Gasteiger partial charge in [0.1, 0.15) is 5.75 Å². The van der Waals surface area contributed by atoms with Crippen LogP contribution in [0.4, 0.5) is 0 Å². The van der Waals surface area contributed by atoms with E-state index in [1.807, 2.05) is 30.3 Å². The Hall–Kier alpha value is -2.82. The molecule has 3 rings (SSSR count). The van der Waals surface area contributed by atoms with E-state index in [0.29, 0.717) is 17.9 Å². The molecule has 5 nitrogen and oxygen atoms in total. The summed E-state index contributed by atoms with van der Waals surface area (Å²) in [7, 11) is 0. The lowest BCUT2D eigenvalue weighted by molar-refractivity contribution is -0.124. The third-order valence-electron chi connectivity index (χ3n) is 5.00. The molecule has 0 aliphatic heterocycles. The molecule has 2 aromatic rings. The number of nitrogens with one attached hydrogen (secondary N) is 2. The van der Waals surface area contributed by atoms with Crippen LogP contribution in [0.2, 0.25) is 0 Å². The van der Waals surface area contributed by atoms with Crippen molar-refractivity contribution in [3.05, 3.63) is 65.7 Å². The van der Waals surface area contributed by atoms with Crippen LogP contribution in [0.1, 0.15) is 48.0 Å². The Labute approximate surface area is 166 Å². The Bertz CT molecular complexity index is 753. The van der Waals surface area contributed by atoms with Crippen LogP contribution in [0.15, 0.2) is 54.6 Å². The highest BCUT2D eigenvalue weighted by atomic mass is 16.5. The van der Waals surface area contributed by atoms with Gasteiger partial charge in [-0.25, -0.2) is 0 Å². The predicted molar refractivity (Wildman–Crippen MR) is 109 cm³/mol. The maximum absolute atomic E-state index is 12.2. The van der Waals surface area contributed by atoms with Crippen molar-refractivity contribution >= 4 is 11.8 Å². The van der Waals surface area contributed by atoms with Crippen LogP contribution in [-0.2, 0) is 11.2 Å². The van der Waals surface area contributed by atoms with Crippen molar-refractivity contribution < 1.29 is 14.3 Å². The summed E-state index contributed by atoms with van der Waals surface area (Å²) in [5.41, 5.74) is 1.77. The fourth-order valence-electron chi connectivity index (χ4n) is 3.43. The fraction of sp³-hybridized carbons (Fsp3) is 0.391. The molecule has 1 saturated carbocycles. The van der Waals surface area contributed by atoms with Crippen molar-refractivity contribution in [3.8, 4) is 5.75 Å². The molecule has 2 amide bonds. The normalized spacial score (nSPS) is 14.3. The summed E-state index contributed by atoms with van der Waals surface area (Å²) in [6.45, 7) is 0.585. The van der Waals surface area contributed by atoms with E-state index in [2.05, 4.69) is 10.6 Å². The minimum Gasteiger partial charge on any atom is -0.484 e. The van der Waals surface area contributed by atoms with Crippen LogP contribution in [-0.4, -0.2) is 31.0 Å². The van der Waals surface area contributed by atoms with Gasteiger partial charge in [0.25, 0.3) is 11.8 Å². The number of rotatable bonds is 8. The van der Waals surface area contributed by atoms with Crippen molar-refractivity contribution in [2.24, 2.45) is 0 Å². The molecule has 5 heteroatoms. The number of carbonyl (C=O) groups is 2. The van der Waals surface area contributed by atoms with Crippen molar-refractivity contribution in [1.82, 2.24) is 10.6 Å². The van der Waals surface area contributed by atoms with E-state index >= 15 is 0 Å². The third-order valence-corrected chi connectivity index (χ3v) is 5.00. The molecule has 0 aromatic heterocycles. The molecule has 1 fully saturated rings. The summed E-state index contributed by atoms with van der Waals surface area (Å²) in [5.74, 6) is 0.381. The average molecular weight is 380 g/mol. The van der Waals surface area contributed by atoms with Gasteiger partial charge in [-0.3, -0.25) is 9.59 Å². The first-order chi connectivity index (χ1) is 13.7. The lowest BCUT2D eigenvalue weighted by Crippen LogP contribution is -2.38. The zero-order chi connectivity index (χ0) is 19.6. The molecule has 0 heterocycles. The highest BCUT2D eigenvalue weighted by molar-refractivity contribution is 5.94. The smallest absolute Gasteiger partial charge is 0.258 e. The molecule has 0 bridgehead atoms. The Balaban J connectivity index is 1.38. The molecule has 0 spiro atoms. The van der Waals surface area contributed by atoms with Gasteiger partial charge in [0.2, 0.25) is 0 Å². The zero-order valence-electron chi connectivity index (χ0n) is 16.2. The van der Waals surface area contributed by atoms with Crippen LogP contribution >= 0.6 is 0 Å². The molecule has 28 heavy (non-hydrogen) atoms. The summed E-state index contributed by atoms with van der Waals surface area (Å²) >= 11 is 0. The van der Waals surface area contributed by atoms with Crippen molar-refractivity contribution in [2.45, 2.75) is 44.6 Å². The fourth-order valence-corrected chi connectivity index (χ4v) is 3.43. The molecule has 2 N–H and O–H groups in total. The van der Waals surface area contributed by atoms with E-state index in [0.717, 1.165) is 19.3 Å². The van der Waals surface area contributed by atoms with Crippen LogP contribution in [0, 0.1) is 0 Å². The Morgan fingerprint density at radius 1 is 0.929 bits per heavy atom. The van der Waals surface area contributed by atoms with E-state index in [-0.39, 0.29) is 24.5 Å². The number of carbonyl (C=O) groups excluding carboxylic acids is 2. The van der Waals surface area contributed by atoms with Crippen molar-refractivity contribution in [3.63, 3.8) is 0 Å². The Morgan fingerprint density at radius 2 is 1.64 bits per heavy atom.